The predicted octanol–water partition coefficient (Wildman–Crippen LogP) is 3.23. The van der Waals surface area contributed by atoms with Crippen molar-refractivity contribution in [2.45, 2.75) is 12.9 Å². The number of aromatic nitrogens is 1. The van der Waals surface area contributed by atoms with E-state index < -0.39 is 48.2 Å². The Morgan fingerprint density at radius 3 is 2.81 bits per heavy atom. The molecule has 16 heavy (non-hydrogen) atoms. The van der Waals surface area contributed by atoms with Gasteiger partial charge in [0.15, 0.2) is 0 Å². The van der Waals surface area contributed by atoms with Crippen LogP contribution in [0.1, 0.15) is 33.9 Å². The topological polar surface area (TPSA) is 33.1 Å². The van der Waals surface area contributed by atoms with E-state index in [1.807, 2.05) is 0 Å². The van der Waals surface area contributed by atoms with Gasteiger partial charge in [0, 0.05) is 4.11 Å². The van der Waals surface area contributed by atoms with E-state index in [2.05, 4.69) is 20.9 Å². The molecule has 1 atom stereocenters. The van der Waals surface area contributed by atoms with Gasteiger partial charge < -0.3 is 5.11 Å². The number of aliphatic hydroxyl groups is 1. The first-order valence-electron chi connectivity index (χ1n) is 8.35. The molecule has 2 aromatic rings. The molecule has 1 aromatic heterocycles. The summed E-state index contributed by atoms with van der Waals surface area (Å²) in [5.74, 6) is 0. The molecule has 1 unspecified atom stereocenters. The number of benzene rings is 1. The van der Waals surface area contributed by atoms with Crippen LogP contribution in [0.5, 0.6) is 0 Å². The molecule has 0 aliphatic carbocycles. The molecule has 0 fully saturated rings. The van der Waals surface area contributed by atoms with Crippen molar-refractivity contribution in [3.05, 3.63) is 63.8 Å². The summed E-state index contributed by atoms with van der Waals surface area (Å²) in [4.78, 5) is 3.91. The van der Waals surface area contributed by atoms with E-state index >= 15 is 0 Å². The van der Waals surface area contributed by atoms with Crippen molar-refractivity contribution in [2.24, 2.45) is 0 Å². The largest absolute Gasteiger partial charge is 0.382 e. The van der Waals surface area contributed by atoms with Crippen LogP contribution in [0.3, 0.4) is 0 Å². The highest BCUT2D eigenvalue weighted by Crippen LogP contribution is 2.21. The average molecular weight is 286 g/mol. The van der Waals surface area contributed by atoms with E-state index in [-0.39, 0.29) is 5.69 Å². The predicted molar refractivity (Wildman–Crippen MR) is 67.2 cm³/mol. The molecule has 0 aliphatic rings. The van der Waals surface area contributed by atoms with Gasteiger partial charge in [0.05, 0.1) is 12.5 Å². The molecule has 0 amide bonds. The highest BCUT2D eigenvalue weighted by Gasteiger charge is 2.11. The zero-order chi connectivity index (χ0) is 18.4. The molecule has 82 valence electrons. The van der Waals surface area contributed by atoms with Crippen molar-refractivity contribution in [1.29, 1.82) is 0 Å². The highest BCUT2D eigenvalue weighted by atomic mass is 79.9. The minimum absolute atomic E-state index is 0.223. The van der Waals surface area contributed by atoms with Crippen LogP contribution in [0, 0.1) is 6.85 Å². The lowest BCUT2D eigenvalue weighted by atomic mass is 10.0. The number of pyridine rings is 1. The first kappa shape index (κ1) is 4.98. The molecule has 2 rings (SSSR count). The molecule has 3 heteroatoms. The van der Waals surface area contributed by atoms with Crippen LogP contribution in [0.4, 0.5) is 0 Å². The Morgan fingerprint density at radius 1 is 1.44 bits per heavy atom. The third-order valence-corrected chi connectivity index (χ3v) is 2.26. The summed E-state index contributed by atoms with van der Waals surface area (Å²) in [5, 5.41) is 10.5. The molecule has 1 aromatic carbocycles. The summed E-state index contributed by atoms with van der Waals surface area (Å²) in [7, 11) is 0. The van der Waals surface area contributed by atoms with Crippen LogP contribution in [-0.4, -0.2) is 10.1 Å². The lowest BCUT2D eigenvalue weighted by Gasteiger charge is -2.10. The number of halogens is 1. The SMILES string of the molecule is [2H]c1c([2H])c(C([2H])(O)c2cccc(Br)n2)c([2H])c([2H])c1C([2H])([2H])[2H]. The Labute approximate surface area is 114 Å². The zero-order valence-corrected chi connectivity index (χ0v) is 9.59. The molecule has 0 spiro atoms. The maximum Gasteiger partial charge on any atom is 0.121 e. The molecule has 0 bridgehead atoms. The van der Waals surface area contributed by atoms with Crippen LogP contribution in [0.15, 0.2) is 47.0 Å². The molecule has 0 saturated heterocycles. The van der Waals surface area contributed by atoms with Crippen molar-refractivity contribution in [3.8, 4) is 0 Å². The highest BCUT2D eigenvalue weighted by molar-refractivity contribution is 9.10. The molecule has 1 N–H and O–H groups in total. The third-order valence-electron chi connectivity index (χ3n) is 1.82. The van der Waals surface area contributed by atoms with Gasteiger partial charge in [-0.3, -0.25) is 0 Å². The molecule has 0 radical (unpaired) electrons. The van der Waals surface area contributed by atoms with E-state index in [1.165, 1.54) is 12.1 Å². The van der Waals surface area contributed by atoms with E-state index in [4.69, 9.17) is 11.0 Å². The maximum atomic E-state index is 10.5. The molecular weight excluding hydrogens is 266 g/mol. The number of rotatable bonds is 2. The van der Waals surface area contributed by atoms with Crippen molar-refractivity contribution in [3.63, 3.8) is 0 Å². The molecular formula is C13H12BrNO. The monoisotopic (exact) mass is 285 g/mol. The summed E-state index contributed by atoms with van der Waals surface area (Å²) in [6.07, 6.45) is -2.68. The van der Waals surface area contributed by atoms with Gasteiger partial charge in [-0.25, -0.2) is 4.98 Å². The summed E-state index contributed by atoms with van der Waals surface area (Å²) in [6.45, 7) is -2.85. The number of hydrogen-bond acceptors (Lipinski definition) is 2. The number of hydrogen-bond donors (Lipinski definition) is 1. The Morgan fingerprint density at radius 2 is 2.19 bits per heavy atom. The second kappa shape index (κ2) is 4.76. The zero-order valence-electron chi connectivity index (χ0n) is 16.0. The fraction of sp³-hybridized carbons (Fsp3) is 0.154. The van der Waals surface area contributed by atoms with Gasteiger partial charge in [0.25, 0.3) is 0 Å². The molecule has 1 heterocycles. The summed E-state index contributed by atoms with van der Waals surface area (Å²) in [5.41, 5.74) is -1.63. The molecule has 2 nitrogen and oxygen atoms in total. The average Bonchev–Trinajstić information content (AvgIpc) is 2.44. The molecule has 0 saturated carbocycles. The van der Waals surface area contributed by atoms with Crippen LogP contribution < -0.4 is 0 Å². The maximum absolute atomic E-state index is 10.5. The van der Waals surface area contributed by atoms with Gasteiger partial charge in [-0.05, 0) is 40.5 Å². The van der Waals surface area contributed by atoms with Crippen molar-refractivity contribution in [1.82, 2.24) is 4.98 Å². The van der Waals surface area contributed by atoms with Crippen molar-refractivity contribution in [2.75, 3.05) is 0 Å². The Hall–Kier alpha value is -1.19. The van der Waals surface area contributed by atoms with E-state index in [0.29, 0.717) is 4.60 Å². The van der Waals surface area contributed by atoms with Crippen LogP contribution in [0.2, 0.25) is 0 Å². The smallest absolute Gasteiger partial charge is 0.121 e. The van der Waals surface area contributed by atoms with E-state index in [1.54, 1.807) is 6.07 Å². The second-order valence-corrected chi connectivity index (χ2v) is 3.76. The van der Waals surface area contributed by atoms with Crippen LogP contribution >= 0.6 is 15.9 Å². The van der Waals surface area contributed by atoms with Gasteiger partial charge in [-0.2, -0.15) is 0 Å². The van der Waals surface area contributed by atoms with Crippen molar-refractivity contribution >= 4 is 15.9 Å². The third kappa shape index (κ3) is 2.49. The van der Waals surface area contributed by atoms with E-state index in [9.17, 15) is 5.11 Å². The fourth-order valence-corrected chi connectivity index (χ4v) is 1.44. The van der Waals surface area contributed by atoms with E-state index in [0.717, 1.165) is 0 Å². The molecule has 0 aliphatic heterocycles. The summed E-state index contributed by atoms with van der Waals surface area (Å²) in [6, 6.07) is 1.12. The normalized spacial score (nSPS) is 22.4. The minimum Gasteiger partial charge on any atom is -0.382 e. The fourth-order valence-electron chi connectivity index (χ4n) is 1.10. The van der Waals surface area contributed by atoms with Gasteiger partial charge in [-0.1, -0.05) is 35.8 Å². The summed E-state index contributed by atoms with van der Waals surface area (Å²) >= 11 is 3.08. The van der Waals surface area contributed by atoms with Gasteiger partial charge in [-0.15, -0.1) is 0 Å². The standard InChI is InChI=1S/C13H12BrNO/c1-9-5-7-10(8-6-9)13(16)11-3-2-4-12(14)15-11/h2-8,13,16H,1H3/i1D3,5D,6D,7D,8D,13D. The Bertz CT molecular complexity index is 776. The lowest BCUT2D eigenvalue weighted by Crippen LogP contribution is -2.02. The first-order valence-corrected chi connectivity index (χ1v) is 5.15. The minimum atomic E-state index is -2.85. The first-order chi connectivity index (χ1) is 10.9. The van der Waals surface area contributed by atoms with Gasteiger partial charge in [0.2, 0.25) is 0 Å². The summed E-state index contributed by atoms with van der Waals surface area (Å²) < 4.78 is 62.1. The Kier molecular flexibility index (Phi) is 1.48. The lowest BCUT2D eigenvalue weighted by molar-refractivity contribution is 0.215. The quantitative estimate of drug-likeness (QED) is 0.860. The van der Waals surface area contributed by atoms with Crippen LogP contribution in [0.25, 0.3) is 0 Å². The second-order valence-electron chi connectivity index (χ2n) is 2.94. The van der Waals surface area contributed by atoms with Gasteiger partial charge in [0.1, 0.15) is 10.7 Å². The Balaban J connectivity index is 2.81. The van der Waals surface area contributed by atoms with Gasteiger partial charge >= 0.3 is 0 Å². The number of nitrogens with zero attached hydrogens (tertiary/aromatic N) is 1. The van der Waals surface area contributed by atoms with Crippen molar-refractivity contribution < 1.29 is 16.1 Å². The van der Waals surface area contributed by atoms with Crippen LogP contribution in [-0.2, 0) is 0 Å².